The van der Waals surface area contributed by atoms with Gasteiger partial charge in [0.05, 0.1) is 12.2 Å². The molecular weight excluding hydrogens is 214 g/mol. The van der Waals surface area contributed by atoms with Crippen molar-refractivity contribution in [2.24, 2.45) is 0 Å². The number of hydrogen-bond acceptors (Lipinski definition) is 6. The highest BCUT2D eigenvalue weighted by molar-refractivity contribution is 7.10. The number of morpholine rings is 1. The van der Waals surface area contributed by atoms with Crippen molar-refractivity contribution in [3.8, 4) is 0 Å². The van der Waals surface area contributed by atoms with Crippen molar-refractivity contribution in [2.45, 2.75) is 26.1 Å². The molecule has 2 rings (SSSR count). The first kappa shape index (κ1) is 10.5. The van der Waals surface area contributed by atoms with Gasteiger partial charge in [-0.3, -0.25) is 4.79 Å². The Labute approximate surface area is 92.2 Å². The summed E-state index contributed by atoms with van der Waals surface area (Å²) in [5, 5.41) is 4.63. The lowest BCUT2D eigenvalue weighted by Gasteiger charge is -2.35. The van der Waals surface area contributed by atoms with E-state index in [1.165, 1.54) is 11.5 Å². The lowest BCUT2D eigenvalue weighted by molar-refractivity contribution is -0.00505. The third-order valence-electron chi connectivity index (χ3n) is 2.31. The van der Waals surface area contributed by atoms with Gasteiger partial charge in [-0.1, -0.05) is 4.49 Å². The molecule has 0 spiro atoms. The highest BCUT2D eigenvalue weighted by Gasteiger charge is 2.25. The quantitative estimate of drug-likeness (QED) is 0.704. The topological polar surface area (TPSA) is 55.3 Å². The van der Waals surface area contributed by atoms with E-state index in [1.807, 2.05) is 13.8 Å². The van der Waals surface area contributed by atoms with Gasteiger partial charge in [0, 0.05) is 24.6 Å². The molecule has 6 heteroatoms. The van der Waals surface area contributed by atoms with Crippen LogP contribution in [0.4, 0.5) is 5.00 Å². The van der Waals surface area contributed by atoms with Crippen molar-refractivity contribution in [3.05, 3.63) is 5.69 Å². The molecule has 1 aromatic heterocycles. The van der Waals surface area contributed by atoms with Crippen LogP contribution in [0.1, 0.15) is 24.3 Å². The fourth-order valence-electron chi connectivity index (χ4n) is 1.83. The van der Waals surface area contributed by atoms with E-state index in [-0.39, 0.29) is 12.2 Å². The number of hydrogen-bond donors (Lipinski definition) is 0. The minimum Gasteiger partial charge on any atom is -0.372 e. The largest absolute Gasteiger partial charge is 0.372 e. The third kappa shape index (κ3) is 2.15. The van der Waals surface area contributed by atoms with Gasteiger partial charge < -0.3 is 9.64 Å². The fraction of sp³-hybridized carbons (Fsp3) is 0.667. The van der Waals surface area contributed by atoms with Crippen molar-refractivity contribution >= 4 is 22.8 Å². The van der Waals surface area contributed by atoms with Crippen molar-refractivity contribution in [1.82, 2.24) is 9.59 Å². The number of carbonyl (C=O) groups is 1. The summed E-state index contributed by atoms with van der Waals surface area (Å²) in [4.78, 5) is 12.9. The lowest BCUT2D eigenvalue weighted by atomic mass is 10.2. The predicted molar refractivity (Wildman–Crippen MR) is 57.5 cm³/mol. The van der Waals surface area contributed by atoms with Crippen LogP contribution in [-0.2, 0) is 4.74 Å². The Morgan fingerprint density at radius 1 is 1.47 bits per heavy atom. The van der Waals surface area contributed by atoms with Gasteiger partial charge in [-0.05, 0) is 13.8 Å². The van der Waals surface area contributed by atoms with Crippen molar-refractivity contribution in [2.75, 3.05) is 18.0 Å². The predicted octanol–water partition coefficient (Wildman–Crippen LogP) is 0.964. The van der Waals surface area contributed by atoms with Crippen LogP contribution in [-0.4, -0.2) is 41.2 Å². The maximum Gasteiger partial charge on any atom is 0.173 e. The molecule has 1 aromatic rings. The average Bonchev–Trinajstić information content (AvgIpc) is 2.63. The molecule has 2 atom stereocenters. The standard InChI is InChI=1S/C9H13N3O2S/c1-6-3-12(4-7(2)14-6)9-8(5-13)10-11-15-9/h5-7H,3-4H2,1-2H3/t6-,7+. The SMILES string of the molecule is C[C@@H]1CN(c2snnc2C=O)C[C@H](C)O1. The Morgan fingerprint density at radius 3 is 2.73 bits per heavy atom. The van der Waals surface area contributed by atoms with Crippen LogP contribution in [0.15, 0.2) is 0 Å². The zero-order valence-corrected chi connectivity index (χ0v) is 9.53. The van der Waals surface area contributed by atoms with Crippen LogP contribution in [0.2, 0.25) is 0 Å². The van der Waals surface area contributed by atoms with Gasteiger partial charge in [0.1, 0.15) is 5.00 Å². The molecule has 0 aromatic carbocycles. The van der Waals surface area contributed by atoms with Gasteiger partial charge in [-0.2, -0.15) is 0 Å². The minimum atomic E-state index is 0.176. The molecule has 2 heterocycles. The van der Waals surface area contributed by atoms with Gasteiger partial charge in [0.25, 0.3) is 0 Å². The summed E-state index contributed by atoms with van der Waals surface area (Å²) in [6, 6.07) is 0. The van der Waals surface area contributed by atoms with Gasteiger partial charge >= 0.3 is 0 Å². The second kappa shape index (κ2) is 4.24. The first-order valence-corrected chi connectivity index (χ1v) is 5.66. The second-order valence-electron chi connectivity index (χ2n) is 3.74. The molecule has 0 unspecified atom stereocenters. The summed E-state index contributed by atoms with van der Waals surface area (Å²) < 4.78 is 9.42. The normalized spacial score (nSPS) is 26.7. The summed E-state index contributed by atoms with van der Waals surface area (Å²) in [5.41, 5.74) is 0.432. The van der Waals surface area contributed by atoms with Gasteiger partial charge in [-0.25, -0.2) is 0 Å². The molecule has 0 saturated carbocycles. The molecular formula is C9H13N3O2S. The Balaban J connectivity index is 2.19. The first-order chi connectivity index (χ1) is 7.20. The summed E-state index contributed by atoms with van der Waals surface area (Å²) in [5.74, 6) is 0. The number of anilines is 1. The maximum absolute atomic E-state index is 10.7. The van der Waals surface area contributed by atoms with Crippen LogP contribution in [0, 0.1) is 0 Å². The van der Waals surface area contributed by atoms with E-state index in [4.69, 9.17) is 4.74 Å². The highest BCUT2D eigenvalue weighted by atomic mass is 32.1. The van der Waals surface area contributed by atoms with E-state index >= 15 is 0 Å². The monoisotopic (exact) mass is 227 g/mol. The van der Waals surface area contributed by atoms with E-state index in [1.54, 1.807) is 0 Å². The third-order valence-corrected chi connectivity index (χ3v) is 3.12. The lowest BCUT2D eigenvalue weighted by Crippen LogP contribution is -2.45. The molecule has 82 valence electrons. The Hall–Kier alpha value is -1.01. The molecule has 1 aliphatic rings. The highest BCUT2D eigenvalue weighted by Crippen LogP contribution is 2.25. The van der Waals surface area contributed by atoms with Gasteiger partial charge in [-0.15, -0.1) is 5.10 Å². The first-order valence-electron chi connectivity index (χ1n) is 4.88. The number of ether oxygens (including phenoxy) is 1. The number of nitrogens with zero attached hydrogens (tertiary/aromatic N) is 3. The van der Waals surface area contributed by atoms with Crippen molar-refractivity contribution in [3.63, 3.8) is 0 Å². The fourth-order valence-corrected chi connectivity index (χ4v) is 2.48. The molecule has 15 heavy (non-hydrogen) atoms. The molecule has 0 aliphatic carbocycles. The Bertz CT molecular complexity index is 345. The Morgan fingerprint density at radius 2 is 2.13 bits per heavy atom. The second-order valence-corrected chi connectivity index (χ2v) is 4.48. The van der Waals surface area contributed by atoms with E-state index in [2.05, 4.69) is 14.5 Å². The zero-order chi connectivity index (χ0) is 10.8. The summed E-state index contributed by atoms with van der Waals surface area (Å²) in [6.07, 6.45) is 1.11. The molecule has 0 bridgehead atoms. The van der Waals surface area contributed by atoms with E-state index in [9.17, 15) is 4.79 Å². The van der Waals surface area contributed by atoms with Crippen LogP contribution < -0.4 is 4.90 Å². The van der Waals surface area contributed by atoms with Crippen LogP contribution >= 0.6 is 11.5 Å². The number of aromatic nitrogens is 2. The van der Waals surface area contributed by atoms with E-state index in [0.717, 1.165) is 24.4 Å². The summed E-state index contributed by atoms with van der Waals surface area (Å²) >= 11 is 1.26. The van der Waals surface area contributed by atoms with Gasteiger partial charge in [0.2, 0.25) is 0 Å². The minimum absolute atomic E-state index is 0.176. The maximum atomic E-state index is 10.7. The average molecular weight is 227 g/mol. The van der Waals surface area contributed by atoms with Gasteiger partial charge in [0.15, 0.2) is 12.0 Å². The van der Waals surface area contributed by atoms with Crippen molar-refractivity contribution < 1.29 is 9.53 Å². The molecule has 1 aliphatic heterocycles. The number of carbonyl (C=O) groups excluding carboxylic acids is 1. The number of rotatable bonds is 2. The van der Waals surface area contributed by atoms with Crippen LogP contribution in [0.5, 0.6) is 0 Å². The number of aldehydes is 1. The van der Waals surface area contributed by atoms with Crippen molar-refractivity contribution in [1.29, 1.82) is 0 Å². The smallest absolute Gasteiger partial charge is 0.173 e. The van der Waals surface area contributed by atoms with E-state index < -0.39 is 0 Å². The van der Waals surface area contributed by atoms with Crippen LogP contribution in [0.25, 0.3) is 0 Å². The summed E-state index contributed by atoms with van der Waals surface area (Å²) in [6.45, 7) is 5.62. The van der Waals surface area contributed by atoms with Crippen LogP contribution in [0.3, 0.4) is 0 Å². The molecule has 0 N–H and O–H groups in total. The molecule has 1 saturated heterocycles. The summed E-state index contributed by atoms with van der Waals surface area (Å²) in [7, 11) is 0. The molecule has 0 radical (unpaired) electrons. The molecule has 0 amide bonds. The molecule has 1 fully saturated rings. The Kier molecular flexibility index (Phi) is 2.97. The molecule has 5 nitrogen and oxygen atoms in total. The van der Waals surface area contributed by atoms with E-state index in [0.29, 0.717) is 5.69 Å². The zero-order valence-electron chi connectivity index (χ0n) is 8.71.